The van der Waals surface area contributed by atoms with Gasteiger partial charge in [-0.3, -0.25) is 0 Å². The number of rotatable bonds is 3. The molecule has 0 unspecified atom stereocenters. The topological polar surface area (TPSA) is 21.3 Å². The molecule has 3 fully saturated rings. The van der Waals surface area contributed by atoms with E-state index in [4.69, 9.17) is 4.74 Å². The van der Waals surface area contributed by atoms with Gasteiger partial charge in [0, 0.05) is 12.7 Å². The van der Waals surface area contributed by atoms with Crippen LogP contribution in [0.15, 0.2) is 24.3 Å². The molecular weight excluding hydrogens is 210 g/mol. The Morgan fingerprint density at radius 3 is 2.18 bits per heavy atom. The van der Waals surface area contributed by atoms with Crippen molar-refractivity contribution in [2.24, 2.45) is 5.92 Å². The van der Waals surface area contributed by atoms with Gasteiger partial charge in [0.05, 0.1) is 0 Å². The van der Waals surface area contributed by atoms with Gasteiger partial charge in [-0.15, -0.1) is 0 Å². The van der Waals surface area contributed by atoms with E-state index in [1.165, 1.54) is 38.5 Å². The molecule has 2 heteroatoms. The van der Waals surface area contributed by atoms with E-state index in [1.54, 1.807) is 0 Å². The third-order valence-corrected chi connectivity index (χ3v) is 4.50. The molecule has 1 aromatic rings. The van der Waals surface area contributed by atoms with Gasteiger partial charge in [-0.2, -0.15) is 0 Å². The first-order valence-corrected chi connectivity index (χ1v) is 6.77. The highest BCUT2D eigenvalue weighted by molar-refractivity contribution is 5.45. The summed E-state index contributed by atoms with van der Waals surface area (Å²) in [5, 5.41) is 3.13. The number of anilines is 1. The van der Waals surface area contributed by atoms with Crippen LogP contribution < -0.4 is 10.1 Å². The second-order valence-electron chi connectivity index (χ2n) is 5.54. The normalized spacial score (nSPS) is 31.2. The van der Waals surface area contributed by atoms with E-state index in [9.17, 15) is 0 Å². The number of ether oxygens (including phenoxy) is 1. The molecule has 0 spiro atoms. The van der Waals surface area contributed by atoms with Gasteiger partial charge in [0.25, 0.3) is 0 Å². The minimum Gasteiger partial charge on any atom is -0.487 e. The van der Waals surface area contributed by atoms with E-state index in [0.717, 1.165) is 17.4 Å². The molecule has 17 heavy (non-hydrogen) atoms. The molecule has 4 rings (SSSR count). The van der Waals surface area contributed by atoms with Gasteiger partial charge in [0.2, 0.25) is 0 Å². The standard InChI is InChI=1S/C15H21NO/c1-16-13-2-4-14(5-3-13)17-15-9-6-12(7-10-15)8-11-15/h2-5,12,16H,6-11H2,1H3. The maximum Gasteiger partial charge on any atom is 0.120 e. The van der Waals surface area contributed by atoms with Crippen LogP contribution in [0.3, 0.4) is 0 Å². The van der Waals surface area contributed by atoms with E-state index < -0.39 is 0 Å². The summed E-state index contributed by atoms with van der Waals surface area (Å²) in [5.74, 6) is 2.02. The molecule has 0 aromatic heterocycles. The highest BCUT2D eigenvalue weighted by atomic mass is 16.5. The molecule has 2 nitrogen and oxygen atoms in total. The molecule has 0 amide bonds. The summed E-state index contributed by atoms with van der Waals surface area (Å²) < 4.78 is 6.30. The van der Waals surface area contributed by atoms with Gasteiger partial charge in [-0.25, -0.2) is 0 Å². The van der Waals surface area contributed by atoms with Gasteiger partial charge >= 0.3 is 0 Å². The zero-order valence-electron chi connectivity index (χ0n) is 10.5. The predicted molar refractivity (Wildman–Crippen MR) is 70.5 cm³/mol. The lowest BCUT2D eigenvalue weighted by Gasteiger charge is -2.46. The Kier molecular flexibility index (Phi) is 2.73. The van der Waals surface area contributed by atoms with Crippen LogP contribution in [0.5, 0.6) is 5.75 Å². The highest BCUT2D eigenvalue weighted by Gasteiger charge is 2.42. The lowest BCUT2D eigenvalue weighted by atomic mass is 9.68. The highest BCUT2D eigenvalue weighted by Crippen LogP contribution is 2.46. The maximum absolute atomic E-state index is 6.30. The van der Waals surface area contributed by atoms with Crippen molar-refractivity contribution in [3.8, 4) is 5.75 Å². The number of hydrogen-bond acceptors (Lipinski definition) is 2. The Balaban J connectivity index is 1.72. The van der Waals surface area contributed by atoms with Crippen molar-refractivity contribution in [1.29, 1.82) is 0 Å². The van der Waals surface area contributed by atoms with Crippen molar-refractivity contribution < 1.29 is 4.74 Å². The van der Waals surface area contributed by atoms with Crippen LogP contribution in [-0.4, -0.2) is 12.6 Å². The molecule has 3 saturated carbocycles. The van der Waals surface area contributed by atoms with E-state index in [-0.39, 0.29) is 5.60 Å². The van der Waals surface area contributed by atoms with E-state index in [0.29, 0.717) is 0 Å². The van der Waals surface area contributed by atoms with Crippen molar-refractivity contribution in [3.63, 3.8) is 0 Å². The number of nitrogens with one attached hydrogen (secondary N) is 1. The summed E-state index contributed by atoms with van der Waals surface area (Å²) in [6.45, 7) is 0. The van der Waals surface area contributed by atoms with Crippen molar-refractivity contribution in [2.45, 2.75) is 44.1 Å². The Morgan fingerprint density at radius 1 is 1.06 bits per heavy atom. The molecule has 0 saturated heterocycles. The van der Waals surface area contributed by atoms with Crippen LogP contribution >= 0.6 is 0 Å². The molecule has 3 aliphatic carbocycles. The molecule has 1 aromatic carbocycles. The number of fused-ring (bicyclic) bond motifs is 3. The Labute approximate surface area is 103 Å². The van der Waals surface area contributed by atoms with E-state index in [2.05, 4.69) is 29.6 Å². The zero-order valence-corrected chi connectivity index (χ0v) is 10.5. The lowest BCUT2D eigenvalue weighted by molar-refractivity contribution is -0.0323. The number of hydrogen-bond donors (Lipinski definition) is 1. The Hall–Kier alpha value is -1.18. The average molecular weight is 231 g/mol. The minimum absolute atomic E-state index is 0.163. The van der Waals surface area contributed by atoms with Crippen LogP contribution in [0, 0.1) is 5.92 Å². The van der Waals surface area contributed by atoms with Crippen LogP contribution in [0.1, 0.15) is 38.5 Å². The van der Waals surface area contributed by atoms with Crippen LogP contribution in [0.25, 0.3) is 0 Å². The molecule has 0 aliphatic heterocycles. The lowest BCUT2D eigenvalue weighted by Crippen LogP contribution is -2.44. The van der Waals surface area contributed by atoms with Crippen molar-refractivity contribution in [2.75, 3.05) is 12.4 Å². The fourth-order valence-electron chi connectivity index (χ4n) is 3.30. The molecule has 0 atom stereocenters. The van der Waals surface area contributed by atoms with E-state index >= 15 is 0 Å². The van der Waals surface area contributed by atoms with Gasteiger partial charge in [-0.05, 0) is 68.7 Å². The number of benzene rings is 1. The largest absolute Gasteiger partial charge is 0.487 e. The maximum atomic E-state index is 6.30. The third-order valence-electron chi connectivity index (χ3n) is 4.50. The van der Waals surface area contributed by atoms with Crippen molar-refractivity contribution in [3.05, 3.63) is 24.3 Å². The fraction of sp³-hybridized carbons (Fsp3) is 0.600. The first-order valence-electron chi connectivity index (χ1n) is 6.77. The van der Waals surface area contributed by atoms with Crippen LogP contribution in [-0.2, 0) is 0 Å². The van der Waals surface area contributed by atoms with Gasteiger partial charge in [0.15, 0.2) is 0 Å². The monoisotopic (exact) mass is 231 g/mol. The predicted octanol–water partition coefficient (Wildman–Crippen LogP) is 3.83. The summed E-state index contributed by atoms with van der Waals surface area (Å²) in [6, 6.07) is 8.34. The first kappa shape index (κ1) is 10.9. The second kappa shape index (κ2) is 4.25. The summed E-state index contributed by atoms with van der Waals surface area (Å²) in [7, 11) is 1.94. The molecule has 0 radical (unpaired) electrons. The SMILES string of the molecule is CNc1ccc(OC23CCC(CC2)CC3)cc1. The first-order chi connectivity index (χ1) is 8.30. The van der Waals surface area contributed by atoms with Crippen LogP contribution in [0.4, 0.5) is 5.69 Å². The summed E-state index contributed by atoms with van der Waals surface area (Å²) in [5.41, 5.74) is 1.30. The molecule has 3 aliphatic rings. The minimum atomic E-state index is 0.163. The average Bonchev–Trinajstić information content (AvgIpc) is 2.41. The second-order valence-corrected chi connectivity index (χ2v) is 5.54. The van der Waals surface area contributed by atoms with Gasteiger partial charge < -0.3 is 10.1 Å². The molecule has 0 heterocycles. The van der Waals surface area contributed by atoms with E-state index in [1.807, 2.05) is 7.05 Å². The quantitative estimate of drug-likeness (QED) is 0.853. The Bertz CT molecular complexity index is 363. The summed E-state index contributed by atoms with van der Waals surface area (Å²) in [4.78, 5) is 0. The summed E-state index contributed by atoms with van der Waals surface area (Å²) >= 11 is 0. The van der Waals surface area contributed by atoms with Gasteiger partial charge in [-0.1, -0.05) is 0 Å². The zero-order chi connectivity index (χ0) is 11.7. The van der Waals surface area contributed by atoms with Crippen molar-refractivity contribution in [1.82, 2.24) is 0 Å². The fourth-order valence-corrected chi connectivity index (χ4v) is 3.30. The molecule has 1 N–H and O–H groups in total. The third kappa shape index (κ3) is 2.13. The molecular formula is C15H21NO. The molecule has 92 valence electrons. The van der Waals surface area contributed by atoms with Crippen LogP contribution in [0.2, 0.25) is 0 Å². The van der Waals surface area contributed by atoms with Crippen molar-refractivity contribution >= 4 is 5.69 Å². The summed E-state index contributed by atoms with van der Waals surface area (Å²) in [6.07, 6.45) is 7.88. The smallest absolute Gasteiger partial charge is 0.120 e. The van der Waals surface area contributed by atoms with Gasteiger partial charge in [0.1, 0.15) is 11.4 Å². The Morgan fingerprint density at radius 2 is 1.65 bits per heavy atom. The molecule has 2 bridgehead atoms.